The molecule has 1 aliphatic heterocycles. The molecule has 1 aliphatic rings. The van der Waals surface area contributed by atoms with Crippen molar-refractivity contribution in [1.29, 1.82) is 0 Å². The Morgan fingerprint density at radius 2 is 1.93 bits per heavy atom. The second-order valence-corrected chi connectivity index (χ2v) is 6.67. The molecule has 2 rings (SSSR count). The second-order valence-electron chi connectivity index (χ2n) is 6.67. The van der Waals surface area contributed by atoms with E-state index in [-0.39, 0.29) is 19.5 Å². The van der Waals surface area contributed by atoms with Gasteiger partial charge in [-0.05, 0) is 18.4 Å². The minimum Gasteiger partial charge on any atom is -0.480 e. The van der Waals surface area contributed by atoms with E-state index in [1.54, 1.807) is 0 Å². The van der Waals surface area contributed by atoms with E-state index in [2.05, 4.69) is 5.32 Å². The van der Waals surface area contributed by atoms with Crippen LogP contribution in [0.1, 0.15) is 18.4 Å². The number of likely N-dealkylation sites (tertiary alicyclic amines) is 1. The Morgan fingerprint density at radius 3 is 2.52 bits per heavy atom. The third kappa shape index (κ3) is 5.49. The average Bonchev–Trinajstić information content (AvgIpc) is 3.09. The third-order valence-corrected chi connectivity index (χ3v) is 4.65. The predicted molar refractivity (Wildman–Crippen MR) is 97.5 cm³/mol. The summed E-state index contributed by atoms with van der Waals surface area (Å²) in [7, 11) is 0. The van der Waals surface area contributed by atoms with Crippen LogP contribution in [-0.4, -0.2) is 70.2 Å². The van der Waals surface area contributed by atoms with Crippen molar-refractivity contribution < 1.29 is 24.6 Å². The summed E-state index contributed by atoms with van der Waals surface area (Å²) in [5, 5.41) is 21.4. The van der Waals surface area contributed by atoms with Crippen molar-refractivity contribution in [1.82, 2.24) is 10.2 Å². The number of carbonyl (C=O) groups excluding carboxylic acids is 2. The zero-order chi connectivity index (χ0) is 20.0. The molecule has 148 valence electrons. The molecule has 9 nitrogen and oxygen atoms in total. The molecule has 0 aliphatic carbocycles. The summed E-state index contributed by atoms with van der Waals surface area (Å²) in [5.74, 6) is -2.31. The molecule has 4 atom stereocenters. The van der Waals surface area contributed by atoms with Crippen LogP contribution < -0.4 is 16.8 Å². The van der Waals surface area contributed by atoms with E-state index in [4.69, 9.17) is 11.5 Å². The molecular formula is C18H26N4O5. The van der Waals surface area contributed by atoms with Crippen LogP contribution in [0.25, 0.3) is 0 Å². The minimum atomic E-state index is -1.37. The van der Waals surface area contributed by atoms with Crippen LogP contribution in [-0.2, 0) is 20.8 Å². The standard InChI is InChI=1S/C18H26N4O5/c19-9-15(23)16(24)21-12-8-14(18(26)27)22(10-12)17(25)13(20)7-6-11-4-2-1-3-5-11/h1-5,12-15,23H,6-10,19-20H2,(H,21,24)(H,26,27)/t12-,13+,14+,15+/m1/s1. The summed E-state index contributed by atoms with van der Waals surface area (Å²) in [6.45, 7) is -0.216. The molecule has 9 heteroatoms. The lowest BCUT2D eigenvalue weighted by Crippen LogP contribution is -2.49. The average molecular weight is 378 g/mol. The number of aliphatic hydroxyl groups excluding tert-OH is 1. The molecule has 1 fully saturated rings. The van der Waals surface area contributed by atoms with Crippen molar-refractivity contribution in [2.75, 3.05) is 13.1 Å². The number of hydrogen-bond donors (Lipinski definition) is 5. The Kier molecular flexibility index (Phi) is 7.28. The van der Waals surface area contributed by atoms with Crippen LogP contribution in [0.5, 0.6) is 0 Å². The molecule has 0 saturated carbocycles. The topological polar surface area (TPSA) is 159 Å². The Hall–Kier alpha value is -2.49. The third-order valence-electron chi connectivity index (χ3n) is 4.65. The highest BCUT2D eigenvalue weighted by atomic mass is 16.4. The molecule has 1 aromatic rings. The Balaban J connectivity index is 1.97. The maximum Gasteiger partial charge on any atom is 0.326 e. The number of aliphatic carboxylic acids is 1. The monoisotopic (exact) mass is 378 g/mol. The van der Waals surface area contributed by atoms with Gasteiger partial charge in [-0.2, -0.15) is 0 Å². The van der Waals surface area contributed by atoms with E-state index < -0.39 is 42.0 Å². The van der Waals surface area contributed by atoms with Gasteiger partial charge in [-0.25, -0.2) is 4.79 Å². The maximum atomic E-state index is 12.7. The number of aryl methyl sites for hydroxylation is 1. The highest BCUT2D eigenvalue weighted by molar-refractivity contribution is 5.88. The first kappa shape index (κ1) is 20.8. The van der Waals surface area contributed by atoms with E-state index in [0.717, 1.165) is 5.56 Å². The van der Waals surface area contributed by atoms with E-state index >= 15 is 0 Å². The quantitative estimate of drug-likeness (QED) is 0.366. The van der Waals surface area contributed by atoms with E-state index in [1.165, 1.54) is 4.90 Å². The molecule has 1 heterocycles. The van der Waals surface area contributed by atoms with Crippen LogP contribution in [0.3, 0.4) is 0 Å². The Bertz CT molecular complexity index is 669. The molecule has 0 unspecified atom stereocenters. The summed E-state index contributed by atoms with van der Waals surface area (Å²) in [5.41, 5.74) is 12.3. The van der Waals surface area contributed by atoms with E-state index in [1.807, 2.05) is 30.3 Å². The zero-order valence-electron chi connectivity index (χ0n) is 15.0. The van der Waals surface area contributed by atoms with Crippen LogP contribution in [0.15, 0.2) is 30.3 Å². The molecule has 1 aromatic carbocycles. The molecule has 0 bridgehead atoms. The number of rotatable bonds is 8. The van der Waals surface area contributed by atoms with Gasteiger partial charge >= 0.3 is 5.97 Å². The lowest BCUT2D eigenvalue weighted by molar-refractivity contribution is -0.148. The van der Waals surface area contributed by atoms with E-state index in [0.29, 0.717) is 12.8 Å². The number of carboxylic acid groups (broad SMARTS) is 1. The summed E-state index contributed by atoms with van der Waals surface area (Å²) in [4.78, 5) is 37.1. The lowest BCUT2D eigenvalue weighted by Gasteiger charge is -2.25. The summed E-state index contributed by atoms with van der Waals surface area (Å²) in [6.07, 6.45) is -0.335. The van der Waals surface area contributed by atoms with Gasteiger partial charge in [0.1, 0.15) is 12.1 Å². The molecule has 0 spiro atoms. The fourth-order valence-electron chi connectivity index (χ4n) is 3.13. The molecule has 1 saturated heterocycles. The molecule has 0 aromatic heterocycles. The number of hydrogen-bond acceptors (Lipinski definition) is 6. The molecule has 2 amide bonds. The smallest absolute Gasteiger partial charge is 0.326 e. The van der Waals surface area contributed by atoms with Gasteiger partial charge in [0, 0.05) is 25.6 Å². The summed E-state index contributed by atoms with van der Waals surface area (Å²) in [6, 6.07) is 7.07. The number of nitrogens with two attached hydrogens (primary N) is 2. The van der Waals surface area contributed by atoms with Gasteiger partial charge in [-0.15, -0.1) is 0 Å². The first-order valence-corrected chi connectivity index (χ1v) is 8.84. The van der Waals surface area contributed by atoms with Crippen LogP contribution in [0, 0.1) is 0 Å². The zero-order valence-corrected chi connectivity index (χ0v) is 15.0. The van der Waals surface area contributed by atoms with Crippen molar-refractivity contribution in [3.63, 3.8) is 0 Å². The number of carbonyl (C=O) groups is 3. The summed E-state index contributed by atoms with van der Waals surface area (Å²) < 4.78 is 0. The van der Waals surface area contributed by atoms with Gasteiger partial charge < -0.3 is 31.9 Å². The Morgan fingerprint density at radius 1 is 1.26 bits per heavy atom. The molecular weight excluding hydrogens is 352 g/mol. The van der Waals surface area contributed by atoms with Gasteiger partial charge in [0.15, 0.2) is 0 Å². The fourth-order valence-corrected chi connectivity index (χ4v) is 3.13. The normalized spacial score (nSPS) is 21.5. The molecule has 7 N–H and O–H groups in total. The number of aliphatic hydroxyl groups is 1. The summed E-state index contributed by atoms with van der Waals surface area (Å²) >= 11 is 0. The first-order chi connectivity index (χ1) is 12.8. The van der Waals surface area contributed by atoms with Crippen LogP contribution >= 0.6 is 0 Å². The first-order valence-electron chi connectivity index (χ1n) is 8.84. The number of carboxylic acids is 1. The number of nitrogens with zero attached hydrogens (tertiary/aromatic N) is 1. The van der Waals surface area contributed by atoms with Gasteiger partial charge in [0.05, 0.1) is 6.04 Å². The van der Waals surface area contributed by atoms with Crippen molar-refractivity contribution in [3.8, 4) is 0 Å². The minimum absolute atomic E-state index is 0.0257. The number of nitrogens with one attached hydrogen (secondary N) is 1. The number of benzene rings is 1. The highest BCUT2D eigenvalue weighted by Gasteiger charge is 2.41. The van der Waals surface area contributed by atoms with Crippen molar-refractivity contribution in [3.05, 3.63) is 35.9 Å². The van der Waals surface area contributed by atoms with Crippen molar-refractivity contribution in [2.24, 2.45) is 11.5 Å². The Labute approximate surface area is 157 Å². The second kappa shape index (κ2) is 9.45. The molecule has 0 radical (unpaired) electrons. The van der Waals surface area contributed by atoms with E-state index in [9.17, 15) is 24.6 Å². The van der Waals surface area contributed by atoms with Crippen LogP contribution in [0.4, 0.5) is 0 Å². The molecule has 27 heavy (non-hydrogen) atoms. The van der Waals surface area contributed by atoms with Crippen molar-refractivity contribution >= 4 is 17.8 Å². The lowest BCUT2D eigenvalue weighted by atomic mass is 10.0. The highest BCUT2D eigenvalue weighted by Crippen LogP contribution is 2.20. The van der Waals surface area contributed by atoms with Gasteiger partial charge in [0.2, 0.25) is 11.8 Å². The van der Waals surface area contributed by atoms with Crippen molar-refractivity contribution in [2.45, 2.75) is 43.5 Å². The van der Waals surface area contributed by atoms with Gasteiger partial charge in [-0.3, -0.25) is 9.59 Å². The number of amides is 2. The van der Waals surface area contributed by atoms with Gasteiger partial charge in [0.25, 0.3) is 0 Å². The van der Waals surface area contributed by atoms with Crippen LogP contribution in [0.2, 0.25) is 0 Å². The SMILES string of the molecule is NC[C@H](O)C(=O)N[C@@H]1C[C@@H](C(=O)O)N(C(=O)[C@@H](N)CCc2ccccc2)C1. The fraction of sp³-hybridized carbons (Fsp3) is 0.500. The predicted octanol–water partition coefficient (Wildman–Crippen LogP) is -1.56. The van der Waals surface area contributed by atoms with Gasteiger partial charge in [-0.1, -0.05) is 30.3 Å². The maximum absolute atomic E-state index is 12.7. The largest absolute Gasteiger partial charge is 0.480 e.